The molecule has 6 rings (SSSR count). The Morgan fingerprint density at radius 1 is 1.15 bits per heavy atom. The Kier molecular flexibility index (Phi) is 5.33. The van der Waals surface area contributed by atoms with Gasteiger partial charge in [0.05, 0.1) is 13.2 Å². The molecule has 0 aromatic heterocycles. The maximum Gasteiger partial charge on any atom is 0.255 e. The van der Waals surface area contributed by atoms with Crippen molar-refractivity contribution in [2.45, 2.75) is 82.5 Å². The van der Waals surface area contributed by atoms with Crippen molar-refractivity contribution in [2.75, 3.05) is 13.2 Å². The highest BCUT2D eigenvalue weighted by Gasteiger charge is 2.53. The van der Waals surface area contributed by atoms with Crippen molar-refractivity contribution in [3.8, 4) is 0 Å². The van der Waals surface area contributed by atoms with Gasteiger partial charge in [0, 0.05) is 35.3 Å². The van der Waals surface area contributed by atoms with Crippen LogP contribution in [-0.2, 0) is 22.5 Å². The zero-order chi connectivity index (χ0) is 22.6. The molecule has 176 valence electrons. The number of hydrogen-bond donors (Lipinski definition) is 2. The SMILES string of the molecule is C=C1CCC(N2Cc3cc(C[C@H]4CCCC[C@@H]4NC4CCC45COC5)ccc3C2=O)C(=O)N1. The number of rotatable bonds is 5. The molecule has 1 spiro atoms. The van der Waals surface area contributed by atoms with Gasteiger partial charge < -0.3 is 20.3 Å². The van der Waals surface area contributed by atoms with Crippen molar-refractivity contribution in [3.05, 3.63) is 47.2 Å². The highest BCUT2D eigenvalue weighted by molar-refractivity contribution is 6.01. The minimum atomic E-state index is -0.393. The minimum absolute atomic E-state index is 0.0144. The molecule has 4 fully saturated rings. The number of nitrogens with zero attached hydrogens (tertiary/aromatic N) is 1. The maximum absolute atomic E-state index is 13.0. The zero-order valence-electron chi connectivity index (χ0n) is 19.4. The Hall–Kier alpha value is -2.18. The summed E-state index contributed by atoms with van der Waals surface area (Å²) < 4.78 is 5.54. The molecule has 1 aromatic rings. The Balaban J connectivity index is 1.14. The van der Waals surface area contributed by atoms with Crippen molar-refractivity contribution in [2.24, 2.45) is 11.3 Å². The lowest BCUT2D eigenvalue weighted by Crippen LogP contribution is -2.65. The Morgan fingerprint density at radius 3 is 2.73 bits per heavy atom. The Labute approximate surface area is 196 Å². The fourth-order valence-corrected chi connectivity index (χ4v) is 6.73. The number of amides is 2. The second-order valence-electron chi connectivity index (χ2n) is 11.0. The van der Waals surface area contributed by atoms with Crippen molar-refractivity contribution >= 4 is 11.8 Å². The van der Waals surface area contributed by atoms with Gasteiger partial charge in [-0.15, -0.1) is 0 Å². The quantitative estimate of drug-likeness (QED) is 0.724. The van der Waals surface area contributed by atoms with Crippen LogP contribution in [0.5, 0.6) is 0 Å². The monoisotopic (exact) mass is 449 g/mol. The van der Waals surface area contributed by atoms with E-state index in [-0.39, 0.29) is 11.8 Å². The van der Waals surface area contributed by atoms with E-state index in [0.717, 1.165) is 42.9 Å². The van der Waals surface area contributed by atoms with Gasteiger partial charge in [0.25, 0.3) is 5.91 Å². The summed E-state index contributed by atoms with van der Waals surface area (Å²) in [6, 6.07) is 7.16. The van der Waals surface area contributed by atoms with Crippen LogP contribution >= 0.6 is 0 Å². The van der Waals surface area contributed by atoms with Crippen LogP contribution < -0.4 is 10.6 Å². The van der Waals surface area contributed by atoms with Crippen LogP contribution in [0.25, 0.3) is 0 Å². The average molecular weight is 450 g/mol. The molecule has 2 unspecified atom stereocenters. The molecular formula is C27H35N3O3. The standard InChI is InChI=1S/C27H35N3O3/c1-17-6-9-23(25(31)28-17)30-14-20-13-18(7-8-21(20)26(30)32)12-19-4-2-3-5-22(19)29-24-10-11-27(24)15-33-16-27/h7-8,13,19,22-24,29H,1-6,9-12,14-16H2,(H,28,31)/t19-,22+,23?,24?/m1/s1. The lowest BCUT2D eigenvalue weighted by Gasteiger charge is -2.57. The van der Waals surface area contributed by atoms with Crippen molar-refractivity contribution in [1.29, 1.82) is 0 Å². The summed E-state index contributed by atoms with van der Waals surface area (Å²) in [5.41, 5.74) is 4.32. The predicted molar refractivity (Wildman–Crippen MR) is 125 cm³/mol. The van der Waals surface area contributed by atoms with Gasteiger partial charge in [-0.1, -0.05) is 31.6 Å². The van der Waals surface area contributed by atoms with Crippen LogP contribution in [-0.4, -0.2) is 48.1 Å². The van der Waals surface area contributed by atoms with E-state index in [2.05, 4.69) is 29.3 Å². The highest BCUT2D eigenvalue weighted by Crippen LogP contribution is 2.47. The Morgan fingerprint density at radius 2 is 2.00 bits per heavy atom. The fraction of sp³-hybridized carbons (Fsp3) is 0.630. The van der Waals surface area contributed by atoms with Crippen LogP contribution in [0.15, 0.2) is 30.5 Å². The predicted octanol–water partition coefficient (Wildman–Crippen LogP) is 3.30. The zero-order valence-corrected chi connectivity index (χ0v) is 19.4. The van der Waals surface area contributed by atoms with Crippen LogP contribution in [0.1, 0.15) is 72.9 Å². The Bertz CT molecular complexity index is 979. The van der Waals surface area contributed by atoms with Gasteiger partial charge in [0.2, 0.25) is 5.91 Å². The first-order valence-electron chi connectivity index (χ1n) is 12.8. The topological polar surface area (TPSA) is 70.7 Å². The third-order valence-corrected chi connectivity index (χ3v) is 8.97. The summed E-state index contributed by atoms with van der Waals surface area (Å²) in [4.78, 5) is 27.2. The van der Waals surface area contributed by atoms with E-state index in [1.165, 1.54) is 44.1 Å². The largest absolute Gasteiger partial charge is 0.380 e. The molecule has 3 heterocycles. The third-order valence-electron chi connectivity index (χ3n) is 8.97. The van der Waals surface area contributed by atoms with E-state index in [1.807, 2.05) is 6.07 Å². The molecule has 1 aromatic carbocycles. The molecule has 0 radical (unpaired) electrons. The van der Waals surface area contributed by atoms with Gasteiger partial charge in [-0.05, 0) is 68.1 Å². The molecule has 2 amide bonds. The van der Waals surface area contributed by atoms with E-state index in [1.54, 1.807) is 4.90 Å². The molecule has 2 N–H and O–H groups in total. The summed E-state index contributed by atoms with van der Waals surface area (Å²) in [6.07, 6.45) is 10.2. The number of carbonyl (C=O) groups excluding carboxylic acids is 2. The van der Waals surface area contributed by atoms with Gasteiger partial charge in [0.1, 0.15) is 6.04 Å². The number of fused-ring (bicyclic) bond motifs is 1. The molecule has 0 bridgehead atoms. The molecule has 5 aliphatic rings. The fourth-order valence-electron chi connectivity index (χ4n) is 6.73. The summed E-state index contributed by atoms with van der Waals surface area (Å²) in [7, 11) is 0. The van der Waals surface area contributed by atoms with Gasteiger partial charge in [-0.3, -0.25) is 9.59 Å². The number of carbonyl (C=O) groups is 2. The molecular weight excluding hydrogens is 414 g/mol. The lowest BCUT2D eigenvalue weighted by molar-refractivity contribution is -0.178. The first-order chi connectivity index (χ1) is 16.0. The van der Waals surface area contributed by atoms with Gasteiger partial charge in [-0.25, -0.2) is 0 Å². The van der Waals surface area contributed by atoms with Crippen molar-refractivity contribution < 1.29 is 14.3 Å². The van der Waals surface area contributed by atoms with Crippen LogP contribution in [0.3, 0.4) is 0 Å². The van der Waals surface area contributed by atoms with Crippen molar-refractivity contribution in [3.63, 3.8) is 0 Å². The molecule has 6 nitrogen and oxygen atoms in total. The number of allylic oxidation sites excluding steroid dienone is 1. The molecule has 2 aliphatic carbocycles. The van der Waals surface area contributed by atoms with E-state index in [4.69, 9.17) is 4.74 Å². The van der Waals surface area contributed by atoms with Crippen LogP contribution in [0.4, 0.5) is 0 Å². The summed E-state index contributed by atoms with van der Waals surface area (Å²) >= 11 is 0. The number of benzene rings is 1. The highest BCUT2D eigenvalue weighted by atomic mass is 16.5. The van der Waals surface area contributed by atoms with Crippen molar-refractivity contribution in [1.82, 2.24) is 15.5 Å². The second-order valence-corrected chi connectivity index (χ2v) is 11.0. The van der Waals surface area contributed by atoms with Crippen LogP contribution in [0.2, 0.25) is 0 Å². The van der Waals surface area contributed by atoms with E-state index >= 15 is 0 Å². The molecule has 33 heavy (non-hydrogen) atoms. The molecule has 2 saturated heterocycles. The average Bonchev–Trinajstić information content (AvgIpc) is 3.07. The minimum Gasteiger partial charge on any atom is -0.380 e. The lowest BCUT2D eigenvalue weighted by atomic mass is 9.62. The van der Waals surface area contributed by atoms with Gasteiger partial charge >= 0.3 is 0 Å². The number of hydrogen-bond acceptors (Lipinski definition) is 4. The molecule has 2 saturated carbocycles. The summed E-state index contributed by atoms with van der Waals surface area (Å²) in [5.74, 6) is 0.521. The number of nitrogens with one attached hydrogen (secondary N) is 2. The summed E-state index contributed by atoms with van der Waals surface area (Å²) in [6.45, 7) is 6.25. The van der Waals surface area contributed by atoms with Crippen LogP contribution in [0, 0.1) is 11.3 Å². The molecule has 4 atom stereocenters. The third kappa shape index (κ3) is 3.71. The first kappa shape index (κ1) is 21.4. The van der Waals surface area contributed by atoms with E-state index in [0.29, 0.717) is 36.4 Å². The molecule has 6 heteroatoms. The smallest absolute Gasteiger partial charge is 0.255 e. The second kappa shape index (κ2) is 8.24. The summed E-state index contributed by atoms with van der Waals surface area (Å²) in [5, 5.41) is 6.86. The van der Waals surface area contributed by atoms with Gasteiger partial charge in [-0.2, -0.15) is 0 Å². The molecule has 3 aliphatic heterocycles. The number of piperidine rings is 1. The number of ether oxygens (including phenoxy) is 1. The van der Waals surface area contributed by atoms with E-state index < -0.39 is 6.04 Å². The van der Waals surface area contributed by atoms with E-state index in [9.17, 15) is 9.59 Å². The van der Waals surface area contributed by atoms with Gasteiger partial charge in [0.15, 0.2) is 0 Å². The normalized spacial score (nSPS) is 32.8. The first-order valence-corrected chi connectivity index (χ1v) is 12.8. The maximum atomic E-state index is 13.0.